The molecule has 2 aromatic heterocycles. The largest absolute Gasteiger partial charge is 0.308 e. The molecule has 0 fully saturated rings. The summed E-state index contributed by atoms with van der Waals surface area (Å²) in [7, 11) is 1.93. The summed E-state index contributed by atoms with van der Waals surface area (Å²) >= 11 is 0. The highest BCUT2D eigenvalue weighted by Crippen LogP contribution is 2.22. The van der Waals surface area contributed by atoms with Crippen LogP contribution in [0.3, 0.4) is 0 Å². The second-order valence-electron chi connectivity index (χ2n) is 3.78. The highest BCUT2D eigenvalue weighted by molar-refractivity contribution is 5.32. The van der Waals surface area contributed by atoms with Gasteiger partial charge in [0.05, 0.1) is 17.9 Å². The Bertz CT molecular complexity index is 470. The SMILES string of the molecule is CCc1cnccc1C(NC)c1cnccn1. The van der Waals surface area contributed by atoms with Gasteiger partial charge in [-0.05, 0) is 30.7 Å². The second-order valence-corrected chi connectivity index (χ2v) is 3.78. The number of nitrogens with zero attached hydrogens (tertiary/aromatic N) is 3. The molecule has 1 atom stereocenters. The average Bonchev–Trinajstić information content (AvgIpc) is 2.41. The average molecular weight is 228 g/mol. The summed E-state index contributed by atoms with van der Waals surface area (Å²) in [4.78, 5) is 12.6. The van der Waals surface area contributed by atoms with E-state index in [1.807, 2.05) is 25.5 Å². The molecule has 0 aliphatic carbocycles. The number of aryl methyl sites for hydroxylation is 1. The Morgan fingerprint density at radius 2 is 2.00 bits per heavy atom. The third-order valence-corrected chi connectivity index (χ3v) is 2.80. The first kappa shape index (κ1) is 11.7. The summed E-state index contributed by atoms with van der Waals surface area (Å²) in [5.41, 5.74) is 3.37. The molecule has 2 heterocycles. The van der Waals surface area contributed by atoms with Gasteiger partial charge in [-0.3, -0.25) is 15.0 Å². The number of rotatable bonds is 4. The first-order valence-electron chi connectivity index (χ1n) is 5.72. The molecule has 1 N–H and O–H groups in total. The predicted molar refractivity (Wildman–Crippen MR) is 66.5 cm³/mol. The number of aromatic nitrogens is 3. The summed E-state index contributed by atoms with van der Waals surface area (Å²) in [5, 5.41) is 3.28. The minimum Gasteiger partial charge on any atom is -0.308 e. The molecular weight excluding hydrogens is 212 g/mol. The molecule has 0 saturated heterocycles. The van der Waals surface area contributed by atoms with Crippen molar-refractivity contribution in [2.24, 2.45) is 0 Å². The van der Waals surface area contributed by atoms with Gasteiger partial charge in [-0.2, -0.15) is 0 Å². The first-order chi connectivity index (χ1) is 8.36. The van der Waals surface area contributed by atoms with Crippen LogP contribution in [0.2, 0.25) is 0 Å². The molecular formula is C13H16N4. The molecule has 0 aromatic carbocycles. The number of hydrogen-bond donors (Lipinski definition) is 1. The Balaban J connectivity index is 2.42. The molecule has 0 aliphatic heterocycles. The van der Waals surface area contributed by atoms with E-state index in [-0.39, 0.29) is 6.04 Å². The Kier molecular flexibility index (Phi) is 3.77. The van der Waals surface area contributed by atoms with Crippen molar-refractivity contribution in [2.45, 2.75) is 19.4 Å². The maximum absolute atomic E-state index is 4.36. The van der Waals surface area contributed by atoms with Crippen LogP contribution in [0.5, 0.6) is 0 Å². The molecule has 0 aliphatic rings. The van der Waals surface area contributed by atoms with Crippen molar-refractivity contribution in [3.05, 3.63) is 53.9 Å². The topological polar surface area (TPSA) is 50.7 Å². The van der Waals surface area contributed by atoms with Crippen LogP contribution in [0.1, 0.15) is 29.8 Å². The van der Waals surface area contributed by atoms with Crippen molar-refractivity contribution in [2.75, 3.05) is 7.05 Å². The van der Waals surface area contributed by atoms with Gasteiger partial charge in [0.1, 0.15) is 0 Å². The summed E-state index contributed by atoms with van der Waals surface area (Å²) < 4.78 is 0. The van der Waals surface area contributed by atoms with Crippen LogP contribution in [0.25, 0.3) is 0 Å². The molecule has 2 rings (SSSR count). The molecule has 0 amide bonds. The predicted octanol–water partition coefficient (Wildman–Crippen LogP) is 1.74. The standard InChI is InChI=1S/C13H16N4/c1-3-10-8-15-5-4-11(10)13(14-2)12-9-16-6-7-17-12/h4-9,13-14H,3H2,1-2H3. The van der Waals surface area contributed by atoms with Crippen LogP contribution in [0, 0.1) is 0 Å². The van der Waals surface area contributed by atoms with E-state index in [1.165, 1.54) is 11.1 Å². The first-order valence-corrected chi connectivity index (χ1v) is 5.72. The Labute approximate surface area is 101 Å². The summed E-state index contributed by atoms with van der Waals surface area (Å²) in [6.07, 6.45) is 9.88. The van der Waals surface area contributed by atoms with Gasteiger partial charge in [0, 0.05) is 24.8 Å². The summed E-state index contributed by atoms with van der Waals surface area (Å²) in [6, 6.07) is 2.11. The zero-order valence-electron chi connectivity index (χ0n) is 10.1. The summed E-state index contributed by atoms with van der Waals surface area (Å²) in [6.45, 7) is 2.13. The van der Waals surface area contributed by atoms with E-state index >= 15 is 0 Å². The fraction of sp³-hybridized carbons (Fsp3) is 0.308. The van der Waals surface area contributed by atoms with Crippen LogP contribution in [0.4, 0.5) is 0 Å². The number of hydrogen-bond acceptors (Lipinski definition) is 4. The van der Waals surface area contributed by atoms with Gasteiger partial charge in [0.2, 0.25) is 0 Å². The van der Waals surface area contributed by atoms with Crippen molar-refractivity contribution < 1.29 is 0 Å². The Hall–Kier alpha value is -1.81. The van der Waals surface area contributed by atoms with Crippen molar-refractivity contribution in [1.82, 2.24) is 20.3 Å². The van der Waals surface area contributed by atoms with E-state index in [2.05, 4.69) is 27.2 Å². The third-order valence-electron chi connectivity index (χ3n) is 2.80. The van der Waals surface area contributed by atoms with Crippen LogP contribution in [-0.4, -0.2) is 22.0 Å². The van der Waals surface area contributed by atoms with Crippen LogP contribution < -0.4 is 5.32 Å². The number of pyridine rings is 1. The van der Waals surface area contributed by atoms with E-state index in [4.69, 9.17) is 0 Å². The molecule has 0 saturated carbocycles. The molecule has 17 heavy (non-hydrogen) atoms. The highest BCUT2D eigenvalue weighted by Gasteiger charge is 2.16. The minimum absolute atomic E-state index is 0.0710. The quantitative estimate of drug-likeness (QED) is 0.866. The van der Waals surface area contributed by atoms with E-state index < -0.39 is 0 Å². The van der Waals surface area contributed by atoms with Gasteiger partial charge in [0.15, 0.2) is 0 Å². The van der Waals surface area contributed by atoms with Crippen molar-refractivity contribution in [3.8, 4) is 0 Å². The highest BCUT2D eigenvalue weighted by atomic mass is 14.9. The molecule has 1 unspecified atom stereocenters. The van der Waals surface area contributed by atoms with Gasteiger partial charge in [0.25, 0.3) is 0 Å². The molecule has 88 valence electrons. The fourth-order valence-electron chi connectivity index (χ4n) is 1.94. The second kappa shape index (κ2) is 5.50. The lowest BCUT2D eigenvalue weighted by atomic mass is 9.99. The molecule has 0 spiro atoms. The Morgan fingerprint density at radius 3 is 2.65 bits per heavy atom. The monoisotopic (exact) mass is 228 g/mol. The molecule has 0 bridgehead atoms. The van der Waals surface area contributed by atoms with Crippen molar-refractivity contribution >= 4 is 0 Å². The summed E-state index contributed by atoms with van der Waals surface area (Å²) in [5.74, 6) is 0. The lowest BCUT2D eigenvalue weighted by Gasteiger charge is -2.18. The van der Waals surface area contributed by atoms with E-state index in [0.717, 1.165) is 12.1 Å². The Morgan fingerprint density at radius 1 is 1.18 bits per heavy atom. The molecule has 2 aromatic rings. The minimum atomic E-state index is 0.0710. The van der Waals surface area contributed by atoms with Gasteiger partial charge in [-0.1, -0.05) is 6.92 Å². The zero-order valence-corrected chi connectivity index (χ0v) is 10.1. The lowest BCUT2D eigenvalue weighted by molar-refractivity contribution is 0.658. The van der Waals surface area contributed by atoms with Gasteiger partial charge in [-0.15, -0.1) is 0 Å². The maximum Gasteiger partial charge on any atom is 0.0801 e. The van der Waals surface area contributed by atoms with Crippen LogP contribution >= 0.6 is 0 Å². The number of nitrogens with one attached hydrogen (secondary N) is 1. The smallest absolute Gasteiger partial charge is 0.0801 e. The lowest BCUT2D eigenvalue weighted by Crippen LogP contribution is -2.20. The molecule has 4 nitrogen and oxygen atoms in total. The fourth-order valence-corrected chi connectivity index (χ4v) is 1.94. The molecule has 4 heteroatoms. The molecule has 0 radical (unpaired) electrons. The maximum atomic E-state index is 4.36. The van der Waals surface area contributed by atoms with E-state index in [9.17, 15) is 0 Å². The van der Waals surface area contributed by atoms with Crippen molar-refractivity contribution in [1.29, 1.82) is 0 Å². The van der Waals surface area contributed by atoms with Crippen molar-refractivity contribution in [3.63, 3.8) is 0 Å². The van der Waals surface area contributed by atoms with E-state index in [0.29, 0.717) is 0 Å². The van der Waals surface area contributed by atoms with Gasteiger partial charge < -0.3 is 5.32 Å². The zero-order chi connectivity index (χ0) is 12.1. The van der Waals surface area contributed by atoms with Crippen LogP contribution in [0.15, 0.2) is 37.1 Å². The van der Waals surface area contributed by atoms with Crippen LogP contribution in [-0.2, 0) is 6.42 Å². The third kappa shape index (κ3) is 2.47. The van der Waals surface area contributed by atoms with E-state index in [1.54, 1.807) is 18.6 Å². The normalized spacial score (nSPS) is 12.4. The van der Waals surface area contributed by atoms with Gasteiger partial charge >= 0.3 is 0 Å². The van der Waals surface area contributed by atoms with Gasteiger partial charge in [-0.25, -0.2) is 0 Å².